The Hall–Kier alpha value is -3.02. The first-order chi connectivity index (χ1) is 11.4. The number of hydrogen-bond acceptors (Lipinski definition) is 5. The molecule has 6 heteroatoms. The summed E-state index contributed by atoms with van der Waals surface area (Å²) >= 11 is 0. The van der Waals surface area contributed by atoms with Crippen molar-refractivity contribution in [3.63, 3.8) is 0 Å². The van der Waals surface area contributed by atoms with Crippen molar-refractivity contribution in [2.45, 2.75) is 13.8 Å². The summed E-state index contributed by atoms with van der Waals surface area (Å²) in [6, 6.07) is 10.2. The average Bonchev–Trinajstić information content (AvgIpc) is 2.55. The number of carbonyl (C=O) groups is 2. The molecule has 2 rings (SSSR count). The van der Waals surface area contributed by atoms with Gasteiger partial charge in [0.05, 0.1) is 18.4 Å². The molecule has 3 N–H and O–H groups in total. The highest BCUT2D eigenvalue weighted by atomic mass is 16.5. The molecular formula is C18H20N2O4. The standard InChI is InChI=1S/C18H20N2O4/c1-11-4-6-15(12(2)8-11)20-17(21)10-24-18(22)13-5-7-16(23-3)14(19)9-13/h4-9H,10,19H2,1-3H3,(H,20,21). The fourth-order valence-corrected chi connectivity index (χ4v) is 2.22. The molecule has 0 aliphatic heterocycles. The van der Waals surface area contributed by atoms with Crippen LogP contribution in [0.5, 0.6) is 5.75 Å². The van der Waals surface area contributed by atoms with Crippen LogP contribution in [-0.4, -0.2) is 25.6 Å². The van der Waals surface area contributed by atoms with Crippen molar-refractivity contribution in [1.82, 2.24) is 0 Å². The SMILES string of the molecule is COc1ccc(C(=O)OCC(=O)Nc2ccc(C)cc2C)cc1N. The topological polar surface area (TPSA) is 90.6 Å². The summed E-state index contributed by atoms with van der Waals surface area (Å²) in [5.74, 6) is -0.559. The second kappa shape index (κ2) is 7.50. The molecule has 0 aromatic heterocycles. The highest BCUT2D eigenvalue weighted by Gasteiger charge is 2.13. The molecule has 0 aliphatic rings. The van der Waals surface area contributed by atoms with Crippen molar-refractivity contribution in [2.75, 3.05) is 24.8 Å². The van der Waals surface area contributed by atoms with Gasteiger partial charge in [-0.25, -0.2) is 4.79 Å². The van der Waals surface area contributed by atoms with E-state index in [0.29, 0.717) is 17.1 Å². The zero-order valence-corrected chi connectivity index (χ0v) is 13.9. The first kappa shape index (κ1) is 17.3. The van der Waals surface area contributed by atoms with Crippen LogP contribution in [-0.2, 0) is 9.53 Å². The van der Waals surface area contributed by atoms with Crippen molar-refractivity contribution in [3.8, 4) is 5.75 Å². The molecule has 0 atom stereocenters. The van der Waals surface area contributed by atoms with Gasteiger partial charge in [0.1, 0.15) is 5.75 Å². The summed E-state index contributed by atoms with van der Waals surface area (Å²) < 4.78 is 10.0. The summed E-state index contributed by atoms with van der Waals surface area (Å²) in [6.45, 7) is 3.49. The van der Waals surface area contributed by atoms with E-state index >= 15 is 0 Å². The molecule has 6 nitrogen and oxygen atoms in total. The van der Waals surface area contributed by atoms with Crippen molar-refractivity contribution < 1.29 is 19.1 Å². The third-order valence-corrected chi connectivity index (χ3v) is 3.46. The number of methoxy groups -OCH3 is 1. The number of amides is 1. The Balaban J connectivity index is 1.93. The molecule has 0 heterocycles. The Morgan fingerprint density at radius 3 is 2.50 bits per heavy atom. The predicted molar refractivity (Wildman–Crippen MR) is 92.2 cm³/mol. The minimum atomic E-state index is -0.625. The normalized spacial score (nSPS) is 10.1. The molecule has 0 spiro atoms. The molecule has 0 bridgehead atoms. The molecule has 2 aromatic rings. The Labute approximate surface area is 140 Å². The highest BCUT2D eigenvalue weighted by molar-refractivity contribution is 5.96. The van der Waals surface area contributed by atoms with Gasteiger partial charge < -0.3 is 20.5 Å². The fraction of sp³-hybridized carbons (Fsp3) is 0.222. The summed E-state index contributed by atoms with van der Waals surface area (Å²) in [7, 11) is 1.49. The van der Waals surface area contributed by atoms with Gasteiger partial charge in [0, 0.05) is 5.69 Å². The van der Waals surface area contributed by atoms with E-state index in [4.69, 9.17) is 15.2 Å². The van der Waals surface area contributed by atoms with E-state index in [2.05, 4.69) is 5.32 Å². The lowest BCUT2D eigenvalue weighted by Gasteiger charge is -2.10. The van der Waals surface area contributed by atoms with Gasteiger partial charge in [0.25, 0.3) is 5.91 Å². The van der Waals surface area contributed by atoms with E-state index in [1.807, 2.05) is 32.0 Å². The summed E-state index contributed by atoms with van der Waals surface area (Å²) in [5.41, 5.74) is 9.07. The van der Waals surface area contributed by atoms with Gasteiger partial charge in [-0.05, 0) is 43.7 Å². The molecule has 0 unspecified atom stereocenters. The van der Waals surface area contributed by atoms with Crippen molar-refractivity contribution in [1.29, 1.82) is 0 Å². The van der Waals surface area contributed by atoms with Crippen LogP contribution in [0.3, 0.4) is 0 Å². The van der Waals surface area contributed by atoms with E-state index in [-0.39, 0.29) is 12.2 Å². The van der Waals surface area contributed by atoms with Crippen LogP contribution in [0.2, 0.25) is 0 Å². The number of nitrogens with one attached hydrogen (secondary N) is 1. The van der Waals surface area contributed by atoms with Crippen LogP contribution >= 0.6 is 0 Å². The molecule has 0 fully saturated rings. The van der Waals surface area contributed by atoms with E-state index in [9.17, 15) is 9.59 Å². The van der Waals surface area contributed by atoms with Crippen LogP contribution in [0.25, 0.3) is 0 Å². The average molecular weight is 328 g/mol. The van der Waals surface area contributed by atoms with Crippen molar-refractivity contribution >= 4 is 23.3 Å². The monoisotopic (exact) mass is 328 g/mol. The number of ether oxygens (including phenoxy) is 2. The lowest BCUT2D eigenvalue weighted by atomic mass is 10.1. The van der Waals surface area contributed by atoms with E-state index in [1.54, 1.807) is 6.07 Å². The highest BCUT2D eigenvalue weighted by Crippen LogP contribution is 2.22. The third-order valence-electron chi connectivity index (χ3n) is 3.46. The molecule has 0 aliphatic carbocycles. The first-order valence-corrected chi connectivity index (χ1v) is 7.38. The number of hydrogen-bond donors (Lipinski definition) is 2. The number of benzene rings is 2. The largest absolute Gasteiger partial charge is 0.495 e. The minimum Gasteiger partial charge on any atom is -0.495 e. The zero-order valence-electron chi connectivity index (χ0n) is 13.9. The number of carbonyl (C=O) groups excluding carboxylic acids is 2. The molecule has 1 amide bonds. The minimum absolute atomic E-state index is 0.257. The van der Waals surface area contributed by atoms with Crippen LogP contribution in [0.4, 0.5) is 11.4 Å². The molecule has 24 heavy (non-hydrogen) atoms. The Kier molecular flexibility index (Phi) is 5.42. The maximum absolute atomic E-state index is 12.0. The Morgan fingerprint density at radius 1 is 1.12 bits per heavy atom. The Bertz CT molecular complexity index is 772. The van der Waals surface area contributed by atoms with Gasteiger partial charge in [-0.3, -0.25) is 4.79 Å². The fourth-order valence-electron chi connectivity index (χ4n) is 2.22. The first-order valence-electron chi connectivity index (χ1n) is 7.38. The number of aryl methyl sites for hydroxylation is 2. The van der Waals surface area contributed by atoms with Gasteiger partial charge >= 0.3 is 5.97 Å². The van der Waals surface area contributed by atoms with E-state index in [1.165, 1.54) is 19.2 Å². The predicted octanol–water partition coefficient (Wildman–Crippen LogP) is 2.69. The molecule has 0 saturated heterocycles. The van der Waals surface area contributed by atoms with Crippen LogP contribution < -0.4 is 15.8 Å². The maximum atomic E-state index is 12.0. The van der Waals surface area contributed by atoms with Crippen molar-refractivity contribution in [2.24, 2.45) is 0 Å². The number of rotatable bonds is 5. The zero-order chi connectivity index (χ0) is 17.7. The van der Waals surface area contributed by atoms with Gasteiger partial charge in [0.2, 0.25) is 0 Å². The molecule has 126 valence electrons. The van der Waals surface area contributed by atoms with Gasteiger partial charge in [-0.2, -0.15) is 0 Å². The number of nitrogens with two attached hydrogens (primary N) is 1. The number of esters is 1. The number of nitrogen functional groups attached to an aromatic ring is 1. The lowest BCUT2D eigenvalue weighted by molar-refractivity contribution is -0.119. The lowest BCUT2D eigenvalue weighted by Crippen LogP contribution is -2.21. The van der Waals surface area contributed by atoms with E-state index in [0.717, 1.165) is 11.1 Å². The molecule has 0 saturated carbocycles. The van der Waals surface area contributed by atoms with Crippen LogP contribution in [0.15, 0.2) is 36.4 Å². The molecule has 2 aromatic carbocycles. The van der Waals surface area contributed by atoms with Crippen LogP contribution in [0, 0.1) is 13.8 Å². The maximum Gasteiger partial charge on any atom is 0.338 e. The summed E-state index contributed by atoms with van der Waals surface area (Å²) in [4.78, 5) is 23.9. The second-order valence-electron chi connectivity index (χ2n) is 5.40. The third kappa shape index (κ3) is 4.25. The van der Waals surface area contributed by atoms with Gasteiger partial charge in [-0.1, -0.05) is 17.7 Å². The van der Waals surface area contributed by atoms with Crippen molar-refractivity contribution in [3.05, 3.63) is 53.1 Å². The smallest absolute Gasteiger partial charge is 0.338 e. The van der Waals surface area contributed by atoms with Gasteiger partial charge in [-0.15, -0.1) is 0 Å². The summed E-state index contributed by atoms with van der Waals surface area (Å²) in [5, 5.41) is 2.71. The molecule has 0 radical (unpaired) electrons. The van der Waals surface area contributed by atoms with Gasteiger partial charge in [0.15, 0.2) is 6.61 Å². The summed E-state index contributed by atoms with van der Waals surface area (Å²) in [6.07, 6.45) is 0. The van der Waals surface area contributed by atoms with Crippen LogP contribution in [0.1, 0.15) is 21.5 Å². The van der Waals surface area contributed by atoms with E-state index < -0.39 is 11.9 Å². The quantitative estimate of drug-likeness (QED) is 0.650. The Morgan fingerprint density at radius 2 is 1.88 bits per heavy atom. The second-order valence-corrected chi connectivity index (χ2v) is 5.40. The number of anilines is 2. The molecular weight excluding hydrogens is 308 g/mol.